The first-order valence-electron chi connectivity index (χ1n) is 8.07. The number of hydrogen-bond donors (Lipinski definition) is 1. The van der Waals surface area contributed by atoms with E-state index in [4.69, 9.17) is 10.5 Å². The van der Waals surface area contributed by atoms with Crippen LogP contribution in [0.1, 0.15) is 78.1 Å². The van der Waals surface area contributed by atoms with Gasteiger partial charge < -0.3 is 10.5 Å². The van der Waals surface area contributed by atoms with Crippen LogP contribution in [0.25, 0.3) is 0 Å². The lowest BCUT2D eigenvalue weighted by atomic mass is 9.77. The van der Waals surface area contributed by atoms with E-state index in [9.17, 15) is 0 Å². The highest BCUT2D eigenvalue weighted by Gasteiger charge is 2.39. The monoisotopic (exact) mass is 255 g/mol. The fourth-order valence-electron chi connectivity index (χ4n) is 3.13. The van der Waals surface area contributed by atoms with Crippen molar-refractivity contribution in [2.45, 2.75) is 84.2 Å². The minimum Gasteiger partial charge on any atom is -0.378 e. The van der Waals surface area contributed by atoms with E-state index in [0.29, 0.717) is 11.5 Å². The molecule has 1 rings (SSSR count). The van der Waals surface area contributed by atoms with Crippen LogP contribution in [0.5, 0.6) is 0 Å². The zero-order valence-electron chi connectivity index (χ0n) is 12.5. The van der Waals surface area contributed by atoms with Gasteiger partial charge in [-0.05, 0) is 19.8 Å². The van der Waals surface area contributed by atoms with Crippen LogP contribution < -0.4 is 5.73 Å². The summed E-state index contributed by atoms with van der Waals surface area (Å²) in [5, 5.41) is 0. The first-order valence-corrected chi connectivity index (χ1v) is 8.07. The van der Waals surface area contributed by atoms with Crippen molar-refractivity contribution < 1.29 is 4.74 Å². The fourth-order valence-corrected chi connectivity index (χ4v) is 3.13. The summed E-state index contributed by atoms with van der Waals surface area (Å²) in [6.45, 7) is 6.18. The predicted octanol–water partition coefficient (Wildman–Crippen LogP) is 4.27. The molecule has 1 fully saturated rings. The van der Waals surface area contributed by atoms with Gasteiger partial charge in [-0.15, -0.1) is 0 Å². The van der Waals surface area contributed by atoms with Crippen molar-refractivity contribution in [3.05, 3.63) is 0 Å². The molecule has 2 nitrogen and oxygen atoms in total. The van der Waals surface area contributed by atoms with Gasteiger partial charge in [0.1, 0.15) is 0 Å². The number of rotatable bonds is 10. The van der Waals surface area contributed by atoms with Crippen molar-refractivity contribution in [2.24, 2.45) is 11.1 Å². The minimum absolute atomic E-state index is 0.294. The van der Waals surface area contributed by atoms with Crippen LogP contribution in [0.3, 0.4) is 0 Å². The zero-order chi connectivity index (χ0) is 13.3. The Labute approximate surface area is 114 Å². The standard InChI is InChI=1S/C16H33NO/c1-3-4-5-6-7-8-9-10-11-16(14-17)12-13-18-15(16)2/h15H,3-14,17H2,1-2H3. The third kappa shape index (κ3) is 4.89. The van der Waals surface area contributed by atoms with Gasteiger partial charge in [-0.2, -0.15) is 0 Å². The Morgan fingerprint density at radius 1 is 1.06 bits per heavy atom. The Morgan fingerprint density at radius 3 is 2.17 bits per heavy atom. The maximum absolute atomic E-state index is 5.97. The average Bonchev–Trinajstić information content (AvgIpc) is 2.75. The molecule has 0 spiro atoms. The van der Waals surface area contributed by atoms with E-state index in [0.717, 1.165) is 13.2 Å². The summed E-state index contributed by atoms with van der Waals surface area (Å²) in [6, 6.07) is 0. The van der Waals surface area contributed by atoms with Crippen LogP contribution in [-0.4, -0.2) is 19.3 Å². The first kappa shape index (κ1) is 16.0. The fraction of sp³-hybridized carbons (Fsp3) is 1.00. The summed E-state index contributed by atoms with van der Waals surface area (Å²) in [5.74, 6) is 0. The molecule has 1 heterocycles. The number of hydrogen-bond acceptors (Lipinski definition) is 2. The maximum Gasteiger partial charge on any atom is 0.0616 e. The van der Waals surface area contributed by atoms with E-state index < -0.39 is 0 Å². The van der Waals surface area contributed by atoms with Crippen LogP contribution in [0, 0.1) is 5.41 Å². The van der Waals surface area contributed by atoms with Gasteiger partial charge in [-0.3, -0.25) is 0 Å². The van der Waals surface area contributed by atoms with E-state index in [1.807, 2.05) is 0 Å². The molecule has 0 aromatic rings. The molecule has 2 N–H and O–H groups in total. The molecule has 0 bridgehead atoms. The number of nitrogens with two attached hydrogens (primary N) is 1. The molecular formula is C16H33NO. The zero-order valence-corrected chi connectivity index (χ0v) is 12.5. The van der Waals surface area contributed by atoms with E-state index in [-0.39, 0.29) is 0 Å². The van der Waals surface area contributed by atoms with Crippen LogP contribution in [-0.2, 0) is 4.74 Å². The highest BCUT2D eigenvalue weighted by atomic mass is 16.5. The Morgan fingerprint density at radius 2 is 1.67 bits per heavy atom. The predicted molar refractivity (Wildman–Crippen MR) is 78.7 cm³/mol. The summed E-state index contributed by atoms with van der Waals surface area (Å²) in [5.41, 5.74) is 6.27. The van der Waals surface area contributed by atoms with Gasteiger partial charge >= 0.3 is 0 Å². The minimum atomic E-state index is 0.294. The Kier molecular flexibility index (Phi) is 7.92. The van der Waals surface area contributed by atoms with Gasteiger partial charge in [-0.25, -0.2) is 0 Å². The molecule has 18 heavy (non-hydrogen) atoms. The molecule has 0 aromatic heterocycles. The molecule has 1 aliphatic rings. The van der Waals surface area contributed by atoms with Crippen molar-refractivity contribution in [1.82, 2.24) is 0 Å². The van der Waals surface area contributed by atoms with Crippen LogP contribution in [0.2, 0.25) is 0 Å². The Bertz CT molecular complexity index is 207. The Hall–Kier alpha value is -0.0800. The lowest BCUT2D eigenvalue weighted by Gasteiger charge is -2.30. The van der Waals surface area contributed by atoms with Gasteiger partial charge in [0, 0.05) is 18.6 Å². The second-order valence-corrected chi connectivity index (χ2v) is 6.05. The molecule has 1 saturated heterocycles. The summed E-state index contributed by atoms with van der Waals surface area (Å²) < 4.78 is 5.70. The van der Waals surface area contributed by atoms with Crippen LogP contribution >= 0.6 is 0 Å². The topological polar surface area (TPSA) is 35.2 Å². The molecule has 2 heteroatoms. The third-order valence-electron chi connectivity index (χ3n) is 4.76. The van der Waals surface area contributed by atoms with Gasteiger partial charge in [0.2, 0.25) is 0 Å². The third-order valence-corrected chi connectivity index (χ3v) is 4.76. The second kappa shape index (κ2) is 8.92. The molecule has 108 valence electrons. The molecular weight excluding hydrogens is 222 g/mol. The van der Waals surface area contributed by atoms with Crippen molar-refractivity contribution in [3.63, 3.8) is 0 Å². The summed E-state index contributed by atoms with van der Waals surface area (Å²) in [7, 11) is 0. The summed E-state index contributed by atoms with van der Waals surface area (Å²) in [6.07, 6.45) is 13.9. The maximum atomic E-state index is 5.97. The molecule has 0 saturated carbocycles. The molecule has 0 radical (unpaired) electrons. The molecule has 0 aliphatic carbocycles. The lowest BCUT2D eigenvalue weighted by molar-refractivity contribution is 0.0616. The average molecular weight is 255 g/mol. The smallest absolute Gasteiger partial charge is 0.0616 e. The van der Waals surface area contributed by atoms with Crippen molar-refractivity contribution in [2.75, 3.05) is 13.2 Å². The quantitative estimate of drug-likeness (QED) is 0.592. The van der Waals surface area contributed by atoms with E-state index >= 15 is 0 Å². The molecule has 0 aromatic carbocycles. The highest BCUT2D eigenvalue weighted by molar-refractivity contribution is 4.90. The Balaban J connectivity index is 2.03. The molecule has 1 aliphatic heterocycles. The lowest BCUT2D eigenvalue weighted by Crippen LogP contribution is -2.36. The van der Waals surface area contributed by atoms with Gasteiger partial charge in [0.15, 0.2) is 0 Å². The van der Waals surface area contributed by atoms with Gasteiger partial charge in [0.05, 0.1) is 6.10 Å². The van der Waals surface area contributed by atoms with E-state index in [1.54, 1.807) is 0 Å². The van der Waals surface area contributed by atoms with Crippen molar-refractivity contribution >= 4 is 0 Å². The van der Waals surface area contributed by atoms with E-state index in [1.165, 1.54) is 64.2 Å². The van der Waals surface area contributed by atoms with Crippen LogP contribution in [0.4, 0.5) is 0 Å². The van der Waals surface area contributed by atoms with Crippen molar-refractivity contribution in [3.8, 4) is 0 Å². The number of unbranched alkanes of at least 4 members (excludes halogenated alkanes) is 7. The first-order chi connectivity index (χ1) is 8.75. The second-order valence-electron chi connectivity index (χ2n) is 6.05. The molecule has 2 unspecified atom stereocenters. The highest BCUT2D eigenvalue weighted by Crippen LogP contribution is 2.38. The largest absolute Gasteiger partial charge is 0.378 e. The molecule has 0 amide bonds. The van der Waals surface area contributed by atoms with Crippen molar-refractivity contribution in [1.29, 1.82) is 0 Å². The SMILES string of the molecule is CCCCCCCCCCC1(CN)CCOC1C. The number of ether oxygens (including phenoxy) is 1. The summed E-state index contributed by atoms with van der Waals surface area (Å²) >= 11 is 0. The molecule has 2 atom stereocenters. The van der Waals surface area contributed by atoms with Gasteiger partial charge in [0.25, 0.3) is 0 Å². The van der Waals surface area contributed by atoms with Gasteiger partial charge in [-0.1, -0.05) is 58.3 Å². The van der Waals surface area contributed by atoms with E-state index in [2.05, 4.69) is 13.8 Å². The van der Waals surface area contributed by atoms with Crippen LogP contribution in [0.15, 0.2) is 0 Å². The summed E-state index contributed by atoms with van der Waals surface area (Å²) in [4.78, 5) is 0. The normalized spacial score (nSPS) is 27.8.